The van der Waals surface area contributed by atoms with Crippen molar-refractivity contribution in [2.75, 3.05) is 7.11 Å². The number of rotatable bonds is 9. The molecule has 2 atom stereocenters. The summed E-state index contributed by atoms with van der Waals surface area (Å²) in [5.41, 5.74) is -0.0483. The SMILES string of the molecule is CCCCCC(CC)NC(=O)C(C)(OC)c1ccccc1. The smallest absolute Gasteiger partial charge is 0.256 e. The minimum Gasteiger partial charge on any atom is -0.364 e. The van der Waals surface area contributed by atoms with Crippen LogP contribution in [-0.4, -0.2) is 19.1 Å². The Morgan fingerprint density at radius 3 is 2.43 bits per heavy atom. The highest BCUT2D eigenvalue weighted by Gasteiger charge is 2.35. The van der Waals surface area contributed by atoms with E-state index in [0.717, 1.165) is 24.8 Å². The quantitative estimate of drug-likeness (QED) is 0.698. The Hall–Kier alpha value is -1.35. The first kappa shape index (κ1) is 17.7. The van der Waals surface area contributed by atoms with Crippen molar-refractivity contribution in [2.24, 2.45) is 0 Å². The van der Waals surface area contributed by atoms with Gasteiger partial charge in [-0.25, -0.2) is 0 Å². The van der Waals surface area contributed by atoms with Gasteiger partial charge in [0.05, 0.1) is 0 Å². The molecule has 3 heteroatoms. The van der Waals surface area contributed by atoms with Crippen molar-refractivity contribution in [3.8, 4) is 0 Å². The monoisotopic (exact) mass is 291 g/mol. The first-order chi connectivity index (χ1) is 10.1. The first-order valence-corrected chi connectivity index (χ1v) is 8.00. The van der Waals surface area contributed by atoms with E-state index in [1.807, 2.05) is 37.3 Å². The Morgan fingerprint density at radius 2 is 1.90 bits per heavy atom. The summed E-state index contributed by atoms with van der Waals surface area (Å²) in [4.78, 5) is 12.7. The van der Waals surface area contributed by atoms with Crippen LogP contribution in [-0.2, 0) is 15.1 Å². The van der Waals surface area contributed by atoms with Gasteiger partial charge < -0.3 is 10.1 Å². The van der Waals surface area contributed by atoms with Crippen LogP contribution in [0.1, 0.15) is 58.4 Å². The van der Waals surface area contributed by atoms with Crippen molar-refractivity contribution >= 4 is 5.91 Å². The fraction of sp³-hybridized carbons (Fsp3) is 0.611. The fourth-order valence-corrected chi connectivity index (χ4v) is 2.44. The van der Waals surface area contributed by atoms with Gasteiger partial charge in [0.15, 0.2) is 5.60 Å². The van der Waals surface area contributed by atoms with Crippen LogP contribution in [0.5, 0.6) is 0 Å². The summed E-state index contributed by atoms with van der Waals surface area (Å²) >= 11 is 0. The molecule has 3 nitrogen and oxygen atoms in total. The van der Waals surface area contributed by atoms with Crippen molar-refractivity contribution in [2.45, 2.75) is 64.5 Å². The standard InChI is InChI=1S/C18H29NO2/c1-5-7-9-14-16(6-2)19-17(20)18(3,21-4)15-12-10-8-11-13-15/h8,10-13,16H,5-7,9,14H2,1-4H3,(H,19,20). The molecule has 0 saturated carbocycles. The summed E-state index contributed by atoms with van der Waals surface area (Å²) in [7, 11) is 1.59. The van der Waals surface area contributed by atoms with Gasteiger partial charge in [-0.05, 0) is 25.3 Å². The molecular formula is C18H29NO2. The predicted octanol–water partition coefficient (Wildman–Crippen LogP) is 4.02. The molecule has 0 spiro atoms. The Balaban J connectivity index is 2.74. The number of methoxy groups -OCH3 is 1. The average Bonchev–Trinajstić information content (AvgIpc) is 2.53. The third-order valence-corrected chi connectivity index (χ3v) is 4.15. The van der Waals surface area contributed by atoms with Crippen LogP contribution in [0.2, 0.25) is 0 Å². The number of hydrogen-bond acceptors (Lipinski definition) is 2. The largest absolute Gasteiger partial charge is 0.364 e. The fourth-order valence-electron chi connectivity index (χ4n) is 2.44. The van der Waals surface area contributed by atoms with Crippen LogP contribution >= 0.6 is 0 Å². The number of ether oxygens (including phenoxy) is 1. The number of nitrogens with one attached hydrogen (secondary N) is 1. The van der Waals surface area contributed by atoms with E-state index in [9.17, 15) is 4.79 Å². The number of amides is 1. The van der Waals surface area contributed by atoms with Gasteiger partial charge in [0.1, 0.15) is 0 Å². The summed E-state index contributed by atoms with van der Waals surface area (Å²) in [6, 6.07) is 9.89. The van der Waals surface area contributed by atoms with E-state index >= 15 is 0 Å². The van der Waals surface area contributed by atoms with E-state index in [1.54, 1.807) is 7.11 Å². The van der Waals surface area contributed by atoms with E-state index < -0.39 is 5.60 Å². The van der Waals surface area contributed by atoms with Gasteiger partial charge >= 0.3 is 0 Å². The third kappa shape index (κ3) is 4.85. The summed E-state index contributed by atoms with van der Waals surface area (Å²) < 4.78 is 5.54. The van der Waals surface area contributed by atoms with Crippen molar-refractivity contribution in [1.82, 2.24) is 5.32 Å². The van der Waals surface area contributed by atoms with Crippen molar-refractivity contribution in [3.05, 3.63) is 35.9 Å². The normalized spacial score (nSPS) is 15.2. The van der Waals surface area contributed by atoms with E-state index in [-0.39, 0.29) is 11.9 Å². The Bertz CT molecular complexity index is 418. The topological polar surface area (TPSA) is 38.3 Å². The molecule has 0 fully saturated rings. The lowest BCUT2D eigenvalue weighted by molar-refractivity contribution is -0.143. The molecule has 1 rings (SSSR count). The zero-order valence-electron chi connectivity index (χ0n) is 13.8. The average molecular weight is 291 g/mol. The summed E-state index contributed by atoms with van der Waals surface area (Å²) in [5.74, 6) is -0.0560. The van der Waals surface area contributed by atoms with E-state index in [4.69, 9.17) is 4.74 Å². The van der Waals surface area contributed by atoms with Crippen LogP contribution in [0.4, 0.5) is 0 Å². The zero-order chi connectivity index (χ0) is 15.7. The molecule has 0 saturated heterocycles. The molecule has 118 valence electrons. The molecule has 1 N–H and O–H groups in total. The molecule has 21 heavy (non-hydrogen) atoms. The molecule has 0 bridgehead atoms. The van der Waals surface area contributed by atoms with Crippen molar-refractivity contribution < 1.29 is 9.53 Å². The second-order valence-electron chi connectivity index (χ2n) is 5.68. The molecule has 0 aliphatic carbocycles. The lowest BCUT2D eigenvalue weighted by atomic mass is 9.94. The second kappa shape index (κ2) is 8.83. The van der Waals surface area contributed by atoms with E-state index in [1.165, 1.54) is 12.8 Å². The van der Waals surface area contributed by atoms with Gasteiger partial charge in [0.2, 0.25) is 0 Å². The van der Waals surface area contributed by atoms with Crippen LogP contribution in [0.3, 0.4) is 0 Å². The van der Waals surface area contributed by atoms with E-state index in [2.05, 4.69) is 19.2 Å². The molecule has 1 aromatic rings. The summed E-state index contributed by atoms with van der Waals surface area (Å²) in [5, 5.41) is 3.15. The van der Waals surface area contributed by atoms with Crippen LogP contribution in [0.25, 0.3) is 0 Å². The lowest BCUT2D eigenvalue weighted by Gasteiger charge is -2.30. The second-order valence-corrected chi connectivity index (χ2v) is 5.68. The molecule has 0 radical (unpaired) electrons. The minimum atomic E-state index is -0.931. The molecule has 1 amide bonds. The van der Waals surface area contributed by atoms with Gasteiger partial charge in [-0.2, -0.15) is 0 Å². The number of benzene rings is 1. The molecular weight excluding hydrogens is 262 g/mol. The Kier molecular flexibility index (Phi) is 7.44. The predicted molar refractivity (Wildman–Crippen MR) is 87.2 cm³/mol. The molecule has 0 aliphatic heterocycles. The molecule has 0 heterocycles. The first-order valence-electron chi connectivity index (χ1n) is 8.00. The molecule has 0 aliphatic rings. The lowest BCUT2D eigenvalue weighted by Crippen LogP contribution is -2.47. The highest BCUT2D eigenvalue weighted by atomic mass is 16.5. The molecule has 2 unspecified atom stereocenters. The van der Waals surface area contributed by atoms with Crippen molar-refractivity contribution in [1.29, 1.82) is 0 Å². The molecule has 1 aromatic carbocycles. The Labute approximate surface area is 129 Å². The number of carbonyl (C=O) groups excluding carboxylic acids is 1. The third-order valence-electron chi connectivity index (χ3n) is 4.15. The van der Waals surface area contributed by atoms with Crippen molar-refractivity contribution in [3.63, 3.8) is 0 Å². The maximum atomic E-state index is 12.7. The summed E-state index contributed by atoms with van der Waals surface area (Å²) in [6.45, 7) is 6.14. The number of carbonyl (C=O) groups is 1. The Morgan fingerprint density at radius 1 is 1.24 bits per heavy atom. The highest BCUT2D eigenvalue weighted by Crippen LogP contribution is 2.25. The van der Waals surface area contributed by atoms with E-state index in [0.29, 0.717) is 0 Å². The maximum Gasteiger partial charge on any atom is 0.256 e. The van der Waals surface area contributed by atoms with Gasteiger partial charge in [-0.3, -0.25) is 4.79 Å². The minimum absolute atomic E-state index is 0.0560. The van der Waals surface area contributed by atoms with Crippen LogP contribution in [0.15, 0.2) is 30.3 Å². The van der Waals surface area contributed by atoms with Gasteiger partial charge in [0.25, 0.3) is 5.91 Å². The maximum absolute atomic E-state index is 12.7. The number of unbranched alkanes of at least 4 members (excludes halogenated alkanes) is 2. The molecule has 0 aromatic heterocycles. The zero-order valence-corrected chi connectivity index (χ0v) is 13.8. The summed E-state index contributed by atoms with van der Waals surface area (Å²) in [6.07, 6.45) is 5.55. The van der Waals surface area contributed by atoms with Gasteiger partial charge in [0, 0.05) is 13.2 Å². The van der Waals surface area contributed by atoms with Gasteiger partial charge in [-0.1, -0.05) is 63.4 Å². The van der Waals surface area contributed by atoms with Crippen LogP contribution < -0.4 is 5.32 Å². The number of hydrogen-bond donors (Lipinski definition) is 1. The highest BCUT2D eigenvalue weighted by molar-refractivity contribution is 5.86. The van der Waals surface area contributed by atoms with Gasteiger partial charge in [-0.15, -0.1) is 0 Å². The van der Waals surface area contributed by atoms with Crippen LogP contribution in [0, 0.1) is 0 Å².